The summed E-state index contributed by atoms with van der Waals surface area (Å²) in [5.74, 6) is 1.91. The SMILES string of the molecule is COc1cc(Cl)cc(CN2CC[C@H](CNC(C)=O)C2)c1OC. The summed E-state index contributed by atoms with van der Waals surface area (Å²) in [6, 6.07) is 3.68. The zero-order valence-electron chi connectivity index (χ0n) is 13.3. The molecule has 1 aromatic carbocycles. The molecule has 1 N–H and O–H groups in total. The largest absolute Gasteiger partial charge is 0.493 e. The predicted octanol–water partition coefficient (Wildman–Crippen LogP) is 2.32. The molecule has 0 saturated carbocycles. The molecule has 1 saturated heterocycles. The monoisotopic (exact) mass is 326 g/mol. The van der Waals surface area contributed by atoms with Crippen LogP contribution in [-0.2, 0) is 11.3 Å². The quantitative estimate of drug-likeness (QED) is 0.871. The van der Waals surface area contributed by atoms with Gasteiger partial charge in [-0.2, -0.15) is 0 Å². The molecule has 6 heteroatoms. The topological polar surface area (TPSA) is 50.8 Å². The summed E-state index contributed by atoms with van der Waals surface area (Å²) in [5.41, 5.74) is 1.02. The number of nitrogens with one attached hydrogen (secondary N) is 1. The highest BCUT2D eigenvalue weighted by Crippen LogP contribution is 2.35. The van der Waals surface area contributed by atoms with Gasteiger partial charge in [-0.3, -0.25) is 9.69 Å². The average Bonchev–Trinajstić information content (AvgIpc) is 2.92. The van der Waals surface area contributed by atoms with Crippen LogP contribution in [0.25, 0.3) is 0 Å². The fraction of sp³-hybridized carbons (Fsp3) is 0.562. The van der Waals surface area contributed by atoms with E-state index in [4.69, 9.17) is 21.1 Å². The molecule has 0 bridgehead atoms. The van der Waals surface area contributed by atoms with Crippen molar-refractivity contribution in [3.8, 4) is 11.5 Å². The van der Waals surface area contributed by atoms with Crippen LogP contribution in [0.15, 0.2) is 12.1 Å². The van der Waals surface area contributed by atoms with Gasteiger partial charge in [0.15, 0.2) is 11.5 Å². The van der Waals surface area contributed by atoms with E-state index >= 15 is 0 Å². The van der Waals surface area contributed by atoms with Crippen LogP contribution in [0.2, 0.25) is 5.02 Å². The van der Waals surface area contributed by atoms with Crippen LogP contribution >= 0.6 is 11.6 Å². The number of halogens is 1. The summed E-state index contributed by atoms with van der Waals surface area (Å²) < 4.78 is 10.8. The first-order valence-corrected chi connectivity index (χ1v) is 7.78. The van der Waals surface area contributed by atoms with Gasteiger partial charge in [0.1, 0.15) is 0 Å². The molecule has 1 atom stereocenters. The molecule has 1 aliphatic rings. The lowest BCUT2D eigenvalue weighted by Crippen LogP contribution is -2.29. The number of hydrogen-bond acceptors (Lipinski definition) is 4. The third kappa shape index (κ3) is 4.27. The first-order chi connectivity index (χ1) is 10.5. The Morgan fingerprint density at radius 1 is 1.41 bits per heavy atom. The van der Waals surface area contributed by atoms with Crippen molar-refractivity contribution in [2.24, 2.45) is 5.92 Å². The van der Waals surface area contributed by atoms with Gasteiger partial charge in [-0.1, -0.05) is 11.6 Å². The van der Waals surface area contributed by atoms with Gasteiger partial charge in [-0.05, 0) is 24.9 Å². The number of rotatable bonds is 6. The normalized spacial score (nSPS) is 18.3. The second kappa shape index (κ2) is 7.70. The number of methoxy groups -OCH3 is 2. The maximum Gasteiger partial charge on any atom is 0.216 e. The van der Waals surface area contributed by atoms with Gasteiger partial charge in [-0.15, -0.1) is 0 Å². The van der Waals surface area contributed by atoms with E-state index < -0.39 is 0 Å². The molecule has 0 radical (unpaired) electrons. The summed E-state index contributed by atoms with van der Waals surface area (Å²) in [6.07, 6.45) is 1.08. The molecule has 1 fully saturated rings. The van der Waals surface area contributed by atoms with E-state index in [9.17, 15) is 4.79 Å². The van der Waals surface area contributed by atoms with Gasteiger partial charge in [0.05, 0.1) is 14.2 Å². The third-order valence-corrected chi connectivity index (χ3v) is 4.14. The molecule has 0 spiro atoms. The second-order valence-electron chi connectivity index (χ2n) is 5.63. The zero-order chi connectivity index (χ0) is 16.1. The molecule has 1 heterocycles. The van der Waals surface area contributed by atoms with Crippen LogP contribution in [0.3, 0.4) is 0 Å². The second-order valence-corrected chi connectivity index (χ2v) is 6.06. The number of carbonyl (C=O) groups is 1. The van der Waals surface area contributed by atoms with E-state index in [0.717, 1.165) is 43.9 Å². The molecule has 0 aliphatic carbocycles. The zero-order valence-corrected chi connectivity index (χ0v) is 14.1. The van der Waals surface area contributed by atoms with Crippen molar-refractivity contribution in [1.82, 2.24) is 10.2 Å². The maximum atomic E-state index is 11.0. The molecule has 1 aliphatic heterocycles. The minimum Gasteiger partial charge on any atom is -0.493 e. The van der Waals surface area contributed by atoms with Crippen LogP contribution in [0, 0.1) is 5.92 Å². The van der Waals surface area contributed by atoms with Gasteiger partial charge >= 0.3 is 0 Å². The molecular formula is C16H23ClN2O3. The van der Waals surface area contributed by atoms with E-state index in [-0.39, 0.29) is 5.91 Å². The molecule has 2 rings (SSSR count). The number of likely N-dealkylation sites (tertiary alicyclic amines) is 1. The molecule has 0 unspecified atom stereocenters. The van der Waals surface area contributed by atoms with Crippen LogP contribution in [0.1, 0.15) is 18.9 Å². The van der Waals surface area contributed by atoms with E-state index in [1.165, 1.54) is 0 Å². The van der Waals surface area contributed by atoms with Crippen molar-refractivity contribution in [3.63, 3.8) is 0 Å². The Morgan fingerprint density at radius 2 is 2.18 bits per heavy atom. The van der Waals surface area contributed by atoms with Gasteiger partial charge in [-0.25, -0.2) is 0 Å². The molecule has 5 nitrogen and oxygen atoms in total. The molecule has 1 aromatic rings. The van der Waals surface area contributed by atoms with Gasteiger partial charge < -0.3 is 14.8 Å². The summed E-state index contributed by atoms with van der Waals surface area (Å²) >= 11 is 6.15. The van der Waals surface area contributed by atoms with Gasteiger partial charge in [0.2, 0.25) is 5.91 Å². The number of ether oxygens (including phenoxy) is 2. The lowest BCUT2D eigenvalue weighted by Gasteiger charge is -2.19. The van der Waals surface area contributed by atoms with E-state index in [1.807, 2.05) is 6.07 Å². The van der Waals surface area contributed by atoms with Crippen LogP contribution in [-0.4, -0.2) is 44.7 Å². The van der Waals surface area contributed by atoms with Crippen molar-refractivity contribution in [2.75, 3.05) is 33.9 Å². The number of carbonyl (C=O) groups excluding carboxylic acids is 1. The molecule has 122 valence electrons. The van der Waals surface area contributed by atoms with E-state index in [2.05, 4.69) is 10.2 Å². The standard InChI is InChI=1S/C16H23ClN2O3/c1-11(20)18-8-12-4-5-19(9-12)10-13-6-14(17)7-15(21-2)16(13)22-3/h6-7,12H,4-5,8-10H2,1-3H3,(H,18,20)/t12-/m1/s1. The molecular weight excluding hydrogens is 304 g/mol. The number of benzene rings is 1. The maximum absolute atomic E-state index is 11.0. The number of hydrogen-bond donors (Lipinski definition) is 1. The van der Waals surface area contributed by atoms with E-state index in [1.54, 1.807) is 27.2 Å². The smallest absolute Gasteiger partial charge is 0.216 e. The molecule has 22 heavy (non-hydrogen) atoms. The Hall–Kier alpha value is -1.46. The Kier molecular flexibility index (Phi) is 5.91. The Bertz CT molecular complexity index is 536. The first-order valence-electron chi connectivity index (χ1n) is 7.40. The third-order valence-electron chi connectivity index (χ3n) is 3.92. The van der Waals surface area contributed by atoms with Crippen molar-refractivity contribution < 1.29 is 14.3 Å². The highest BCUT2D eigenvalue weighted by molar-refractivity contribution is 6.30. The average molecular weight is 327 g/mol. The minimum atomic E-state index is 0.0275. The van der Waals surface area contributed by atoms with Gasteiger partial charge in [0, 0.05) is 43.2 Å². The van der Waals surface area contributed by atoms with E-state index in [0.29, 0.717) is 16.7 Å². The lowest BCUT2D eigenvalue weighted by atomic mass is 10.1. The van der Waals surface area contributed by atoms with Crippen molar-refractivity contribution in [2.45, 2.75) is 19.9 Å². The summed E-state index contributed by atoms with van der Waals surface area (Å²) in [5, 5.41) is 3.53. The predicted molar refractivity (Wildman–Crippen MR) is 86.6 cm³/mol. The summed E-state index contributed by atoms with van der Waals surface area (Å²) in [7, 11) is 3.25. The Labute approximate surface area is 136 Å². The fourth-order valence-corrected chi connectivity index (χ4v) is 3.11. The van der Waals surface area contributed by atoms with Crippen LogP contribution in [0.4, 0.5) is 0 Å². The molecule has 1 amide bonds. The van der Waals surface area contributed by atoms with Crippen molar-refractivity contribution in [3.05, 3.63) is 22.7 Å². The number of nitrogens with zero attached hydrogens (tertiary/aromatic N) is 1. The minimum absolute atomic E-state index is 0.0275. The Morgan fingerprint density at radius 3 is 2.82 bits per heavy atom. The highest BCUT2D eigenvalue weighted by Gasteiger charge is 2.24. The number of amides is 1. The fourth-order valence-electron chi connectivity index (χ4n) is 2.88. The first kappa shape index (κ1) is 16.9. The van der Waals surface area contributed by atoms with Crippen LogP contribution < -0.4 is 14.8 Å². The Balaban J connectivity index is 2.02. The molecule has 0 aromatic heterocycles. The van der Waals surface area contributed by atoms with Crippen molar-refractivity contribution in [1.29, 1.82) is 0 Å². The van der Waals surface area contributed by atoms with Gasteiger partial charge in [0.25, 0.3) is 0 Å². The van der Waals surface area contributed by atoms with Crippen molar-refractivity contribution >= 4 is 17.5 Å². The lowest BCUT2D eigenvalue weighted by molar-refractivity contribution is -0.119. The summed E-state index contributed by atoms with van der Waals surface area (Å²) in [4.78, 5) is 13.3. The summed E-state index contributed by atoms with van der Waals surface area (Å²) in [6.45, 7) is 5.01. The highest BCUT2D eigenvalue weighted by atomic mass is 35.5. The van der Waals surface area contributed by atoms with Crippen LogP contribution in [0.5, 0.6) is 11.5 Å².